The van der Waals surface area contributed by atoms with Gasteiger partial charge in [0.15, 0.2) is 9.84 Å². The van der Waals surface area contributed by atoms with E-state index < -0.39 is 21.9 Å². The molecule has 4 aliphatic rings. The van der Waals surface area contributed by atoms with Crippen LogP contribution >= 0.6 is 0 Å². The highest BCUT2D eigenvalue weighted by atomic mass is 32.2. The number of sulfone groups is 1. The predicted molar refractivity (Wildman–Crippen MR) is 102 cm³/mol. The zero-order valence-corrected chi connectivity index (χ0v) is 16.5. The first-order valence-corrected chi connectivity index (χ1v) is 11.8. The van der Waals surface area contributed by atoms with Crippen LogP contribution in [0.3, 0.4) is 0 Å². The number of amides is 2. The van der Waals surface area contributed by atoms with Crippen molar-refractivity contribution in [3.63, 3.8) is 0 Å². The fourth-order valence-electron chi connectivity index (χ4n) is 4.85. The zero-order chi connectivity index (χ0) is 19.5. The van der Waals surface area contributed by atoms with Crippen LogP contribution in [0.5, 0.6) is 5.75 Å². The van der Waals surface area contributed by atoms with Gasteiger partial charge in [0.1, 0.15) is 5.75 Å². The average molecular weight is 404 g/mol. The number of benzene rings is 1. The number of hydrogen-bond acceptors (Lipinski definition) is 5. The summed E-state index contributed by atoms with van der Waals surface area (Å²) in [4.78, 5) is 29.5. The van der Waals surface area contributed by atoms with Crippen molar-refractivity contribution in [3.8, 4) is 5.75 Å². The van der Waals surface area contributed by atoms with E-state index in [1.165, 1.54) is 0 Å². The smallest absolute Gasteiger partial charge is 0.254 e. The van der Waals surface area contributed by atoms with Crippen LogP contribution in [-0.2, 0) is 21.1 Å². The molecule has 0 N–H and O–H groups in total. The van der Waals surface area contributed by atoms with Crippen LogP contribution in [0.2, 0.25) is 0 Å². The van der Waals surface area contributed by atoms with Crippen LogP contribution in [0.25, 0.3) is 0 Å². The SMILES string of the molecule is O=C(C1CCC1)N1CCN(C(=O)c2ccc3c(c2)CCO3)[C@H]2CS(=O)(=O)C[C@H]21. The van der Waals surface area contributed by atoms with Crippen LogP contribution in [0.4, 0.5) is 0 Å². The summed E-state index contributed by atoms with van der Waals surface area (Å²) in [5.41, 5.74) is 1.58. The molecule has 1 aromatic rings. The minimum atomic E-state index is -3.28. The third kappa shape index (κ3) is 2.89. The number of ether oxygens (including phenoxy) is 1. The molecule has 2 amide bonds. The quantitative estimate of drug-likeness (QED) is 0.730. The maximum absolute atomic E-state index is 13.2. The highest BCUT2D eigenvalue weighted by Gasteiger charge is 2.50. The van der Waals surface area contributed by atoms with E-state index in [-0.39, 0.29) is 29.2 Å². The second kappa shape index (κ2) is 6.47. The number of piperazine rings is 1. The molecule has 1 aromatic carbocycles. The molecule has 0 radical (unpaired) electrons. The monoisotopic (exact) mass is 404 g/mol. The van der Waals surface area contributed by atoms with Crippen LogP contribution in [0.1, 0.15) is 35.2 Å². The molecule has 3 heterocycles. The molecule has 8 heteroatoms. The second-order valence-corrected chi connectivity index (χ2v) is 10.4. The normalized spacial score (nSPS) is 28.3. The number of fused-ring (bicyclic) bond motifs is 2. The van der Waals surface area contributed by atoms with Crippen molar-refractivity contribution in [2.45, 2.75) is 37.8 Å². The first kappa shape index (κ1) is 18.0. The van der Waals surface area contributed by atoms with Crippen molar-refractivity contribution in [1.82, 2.24) is 9.80 Å². The van der Waals surface area contributed by atoms with Crippen molar-refractivity contribution >= 4 is 21.7 Å². The van der Waals surface area contributed by atoms with Crippen molar-refractivity contribution in [3.05, 3.63) is 29.3 Å². The molecule has 3 aliphatic heterocycles. The van der Waals surface area contributed by atoms with E-state index in [4.69, 9.17) is 4.74 Å². The molecular weight excluding hydrogens is 380 g/mol. The molecule has 2 atom stereocenters. The van der Waals surface area contributed by atoms with Crippen LogP contribution < -0.4 is 4.74 Å². The first-order chi connectivity index (χ1) is 13.4. The van der Waals surface area contributed by atoms with Crippen molar-refractivity contribution < 1.29 is 22.7 Å². The lowest BCUT2D eigenvalue weighted by molar-refractivity contribution is -0.143. The lowest BCUT2D eigenvalue weighted by Crippen LogP contribution is -2.63. The summed E-state index contributed by atoms with van der Waals surface area (Å²) in [6.07, 6.45) is 3.61. The van der Waals surface area contributed by atoms with E-state index in [1.54, 1.807) is 15.9 Å². The van der Waals surface area contributed by atoms with Gasteiger partial charge in [-0.05, 0) is 36.6 Å². The number of rotatable bonds is 2. The fraction of sp³-hybridized carbons (Fsp3) is 0.600. The maximum Gasteiger partial charge on any atom is 0.254 e. The fourth-order valence-corrected chi connectivity index (χ4v) is 6.83. The van der Waals surface area contributed by atoms with Gasteiger partial charge in [-0.2, -0.15) is 0 Å². The third-order valence-corrected chi connectivity index (χ3v) is 8.31. The molecule has 1 aliphatic carbocycles. The van der Waals surface area contributed by atoms with Gasteiger partial charge in [-0.25, -0.2) is 8.42 Å². The molecule has 7 nitrogen and oxygen atoms in total. The third-order valence-electron chi connectivity index (χ3n) is 6.61. The van der Waals surface area contributed by atoms with Gasteiger partial charge in [-0.15, -0.1) is 0 Å². The van der Waals surface area contributed by atoms with Crippen molar-refractivity contribution in [2.24, 2.45) is 5.92 Å². The van der Waals surface area contributed by atoms with Crippen molar-refractivity contribution in [1.29, 1.82) is 0 Å². The molecule has 2 saturated heterocycles. The Labute approximate surface area is 164 Å². The Morgan fingerprint density at radius 1 is 1.04 bits per heavy atom. The molecule has 150 valence electrons. The maximum atomic E-state index is 13.2. The van der Waals surface area contributed by atoms with E-state index in [0.717, 1.165) is 37.0 Å². The minimum absolute atomic E-state index is 0.0305. The van der Waals surface area contributed by atoms with Gasteiger partial charge < -0.3 is 14.5 Å². The Bertz CT molecular complexity index is 940. The first-order valence-electron chi connectivity index (χ1n) is 10.0. The van der Waals surface area contributed by atoms with E-state index in [2.05, 4.69) is 0 Å². The molecule has 0 unspecified atom stereocenters. The van der Waals surface area contributed by atoms with Crippen LogP contribution in [0, 0.1) is 5.92 Å². The predicted octanol–water partition coefficient (Wildman–Crippen LogP) is 0.872. The molecule has 1 saturated carbocycles. The Balaban J connectivity index is 1.41. The summed E-state index contributed by atoms with van der Waals surface area (Å²) >= 11 is 0. The minimum Gasteiger partial charge on any atom is -0.493 e. The second-order valence-electron chi connectivity index (χ2n) is 8.29. The Morgan fingerprint density at radius 2 is 1.75 bits per heavy atom. The highest BCUT2D eigenvalue weighted by molar-refractivity contribution is 7.91. The molecule has 28 heavy (non-hydrogen) atoms. The number of carbonyl (C=O) groups is 2. The zero-order valence-electron chi connectivity index (χ0n) is 15.7. The largest absolute Gasteiger partial charge is 0.493 e. The van der Waals surface area contributed by atoms with Gasteiger partial charge in [-0.1, -0.05) is 6.42 Å². The average Bonchev–Trinajstić information content (AvgIpc) is 3.20. The van der Waals surface area contributed by atoms with E-state index in [1.807, 2.05) is 12.1 Å². The summed E-state index contributed by atoms with van der Waals surface area (Å²) in [5.74, 6) is 0.651. The highest BCUT2D eigenvalue weighted by Crippen LogP contribution is 2.34. The summed E-state index contributed by atoms with van der Waals surface area (Å²) < 4.78 is 30.3. The molecule has 0 bridgehead atoms. The summed E-state index contributed by atoms with van der Waals surface area (Å²) in [7, 11) is -3.28. The molecule has 3 fully saturated rings. The summed E-state index contributed by atoms with van der Waals surface area (Å²) in [6.45, 7) is 1.41. The molecule has 5 rings (SSSR count). The van der Waals surface area contributed by atoms with E-state index in [9.17, 15) is 18.0 Å². The lowest BCUT2D eigenvalue weighted by Gasteiger charge is -2.45. The van der Waals surface area contributed by atoms with Gasteiger partial charge in [0.2, 0.25) is 5.91 Å². The Morgan fingerprint density at radius 3 is 2.46 bits per heavy atom. The Kier molecular flexibility index (Phi) is 4.15. The number of nitrogens with zero attached hydrogens (tertiary/aromatic N) is 2. The van der Waals surface area contributed by atoms with Crippen LogP contribution in [0.15, 0.2) is 18.2 Å². The standard InChI is InChI=1S/C20H24N2O5S/c23-19(13-2-1-3-13)21-7-8-22(17-12-28(25,26)11-16(17)21)20(24)15-4-5-18-14(10-15)6-9-27-18/h4-5,10,13,16-17H,1-3,6-9,11-12H2/t16-,17+/m1/s1. The lowest BCUT2D eigenvalue weighted by atomic mass is 9.83. The summed E-state index contributed by atoms with van der Waals surface area (Å²) in [5, 5.41) is 0. The topological polar surface area (TPSA) is 84.0 Å². The number of hydrogen-bond donors (Lipinski definition) is 0. The van der Waals surface area contributed by atoms with Gasteiger partial charge in [-0.3, -0.25) is 9.59 Å². The van der Waals surface area contributed by atoms with Crippen LogP contribution in [-0.4, -0.2) is 73.3 Å². The molecule has 0 aromatic heterocycles. The Hall–Kier alpha value is -2.09. The molecular formula is C20H24N2O5S. The molecule has 0 spiro atoms. The van der Waals surface area contributed by atoms with Crippen molar-refractivity contribution in [2.75, 3.05) is 31.2 Å². The van der Waals surface area contributed by atoms with Gasteiger partial charge in [0, 0.05) is 31.0 Å². The van der Waals surface area contributed by atoms with Gasteiger partial charge >= 0.3 is 0 Å². The van der Waals surface area contributed by atoms with Gasteiger partial charge in [0.25, 0.3) is 5.91 Å². The van der Waals surface area contributed by atoms with E-state index in [0.29, 0.717) is 25.3 Å². The van der Waals surface area contributed by atoms with E-state index >= 15 is 0 Å². The number of carbonyl (C=O) groups excluding carboxylic acids is 2. The summed E-state index contributed by atoms with van der Waals surface area (Å²) in [6, 6.07) is 4.54. The van der Waals surface area contributed by atoms with Gasteiger partial charge in [0.05, 0.1) is 30.2 Å².